The van der Waals surface area contributed by atoms with Crippen molar-refractivity contribution >= 4 is 12.4 Å². The van der Waals surface area contributed by atoms with Crippen molar-refractivity contribution in [1.29, 1.82) is 0 Å². The zero-order valence-corrected chi connectivity index (χ0v) is 14.8. The molecule has 0 aliphatic carbocycles. The molecule has 2 atom stereocenters. The molecule has 1 fully saturated rings. The molecule has 1 aromatic carbocycles. The van der Waals surface area contributed by atoms with Crippen LogP contribution in [0, 0.1) is 5.92 Å². The standard InChI is InChI=1S/C20H26N2O.ClH/c23-20(15-17-7-2-1-3-8-17)12-14-21-16-18(20)9-6-11-19-10-4-5-13-22-19;/h1-5,7-8,10,13,18,21,23H,6,9,11-12,14-16H2;1H. The molecule has 3 nitrogen and oxygen atoms in total. The lowest BCUT2D eigenvalue weighted by Gasteiger charge is -2.41. The Bertz CT molecular complexity index is 593. The van der Waals surface area contributed by atoms with E-state index in [2.05, 4.69) is 40.6 Å². The first-order valence-corrected chi connectivity index (χ1v) is 8.63. The van der Waals surface area contributed by atoms with E-state index in [1.165, 1.54) is 5.56 Å². The van der Waals surface area contributed by atoms with Gasteiger partial charge in [0.05, 0.1) is 5.60 Å². The number of rotatable bonds is 6. The van der Waals surface area contributed by atoms with E-state index in [0.717, 1.165) is 50.9 Å². The molecule has 3 rings (SSSR count). The summed E-state index contributed by atoms with van der Waals surface area (Å²) in [7, 11) is 0. The Hall–Kier alpha value is -1.42. The molecular formula is C20H27ClN2O. The Morgan fingerprint density at radius 1 is 1.12 bits per heavy atom. The number of aromatic nitrogens is 1. The van der Waals surface area contributed by atoms with Gasteiger partial charge in [-0.3, -0.25) is 4.98 Å². The van der Waals surface area contributed by atoms with Crippen LogP contribution in [0.4, 0.5) is 0 Å². The van der Waals surface area contributed by atoms with E-state index in [4.69, 9.17) is 0 Å². The summed E-state index contributed by atoms with van der Waals surface area (Å²) in [5.74, 6) is 0.306. The number of hydrogen-bond acceptors (Lipinski definition) is 3. The summed E-state index contributed by atoms with van der Waals surface area (Å²) in [6, 6.07) is 16.4. The van der Waals surface area contributed by atoms with Crippen LogP contribution in [0.25, 0.3) is 0 Å². The van der Waals surface area contributed by atoms with Gasteiger partial charge in [0.1, 0.15) is 0 Å². The average Bonchev–Trinajstić information content (AvgIpc) is 2.58. The van der Waals surface area contributed by atoms with E-state index >= 15 is 0 Å². The predicted octanol–water partition coefficient (Wildman–Crippen LogP) is 3.41. The highest BCUT2D eigenvalue weighted by Crippen LogP contribution is 2.32. The number of pyridine rings is 1. The van der Waals surface area contributed by atoms with E-state index in [-0.39, 0.29) is 12.4 Å². The van der Waals surface area contributed by atoms with Crippen molar-refractivity contribution in [2.45, 2.75) is 37.7 Å². The third-order valence-corrected chi connectivity index (χ3v) is 4.95. The molecule has 130 valence electrons. The monoisotopic (exact) mass is 346 g/mol. The highest BCUT2D eigenvalue weighted by Gasteiger charge is 2.38. The quantitative estimate of drug-likeness (QED) is 0.842. The SMILES string of the molecule is Cl.OC1(Cc2ccccc2)CCNCC1CCCc1ccccn1. The minimum atomic E-state index is -0.587. The van der Waals surface area contributed by atoms with E-state index < -0.39 is 5.60 Å². The summed E-state index contributed by atoms with van der Waals surface area (Å²) in [6.07, 6.45) is 6.52. The molecule has 1 aliphatic heterocycles. The minimum Gasteiger partial charge on any atom is -0.389 e. The van der Waals surface area contributed by atoms with Crippen molar-refractivity contribution in [1.82, 2.24) is 10.3 Å². The van der Waals surface area contributed by atoms with Crippen molar-refractivity contribution in [3.05, 3.63) is 66.0 Å². The molecule has 1 aliphatic rings. The van der Waals surface area contributed by atoms with Crippen LogP contribution < -0.4 is 5.32 Å². The maximum Gasteiger partial charge on any atom is 0.0740 e. The lowest BCUT2D eigenvalue weighted by Crippen LogP contribution is -2.51. The van der Waals surface area contributed by atoms with Gasteiger partial charge in [-0.25, -0.2) is 0 Å². The first kappa shape index (κ1) is 18.9. The fourth-order valence-electron chi connectivity index (χ4n) is 3.60. The zero-order chi connectivity index (χ0) is 16.0. The summed E-state index contributed by atoms with van der Waals surface area (Å²) >= 11 is 0. The molecule has 2 unspecified atom stereocenters. The number of piperidine rings is 1. The molecule has 0 bridgehead atoms. The fourth-order valence-corrected chi connectivity index (χ4v) is 3.60. The maximum absolute atomic E-state index is 11.2. The molecule has 2 heterocycles. The van der Waals surface area contributed by atoms with E-state index in [9.17, 15) is 5.11 Å². The average molecular weight is 347 g/mol. The van der Waals surface area contributed by atoms with Gasteiger partial charge in [-0.2, -0.15) is 0 Å². The van der Waals surface area contributed by atoms with Gasteiger partial charge in [0, 0.05) is 30.8 Å². The van der Waals surface area contributed by atoms with Gasteiger partial charge in [-0.05, 0) is 49.9 Å². The number of benzene rings is 1. The molecule has 24 heavy (non-hydrogen) atoms. The summed E-state index contributed by atoms with van der Waals surface area (Å²) in [5.41, 5.74) is 1.78. The number of nitrogens with zero attached hydrogens (tertiary/aromatic N) is 1. The fraction of sp³-hybridized carbons (Fsp3) is 0.450. The lowest BCUT2D eigenvalue weighted by molar-refractivity contribution is -0.0437. The zero-order valence-electron chi connectivity index (χ0n) is 14.0. The summed E-state index contributed by atoms with van der Waals surface area (Å²) < 4.78 is 0. The van der Waals surface area contributed by atoms with Crippen LogP contribution in [0.3, 0.4) is 0 Å². The topological polar surface area (TPSA) is 45.1 Å². The first-order valence-electron chi connectivity index (χ1n) is 8.63. The summed E-state index contributed by atoms with van der Waals surface area (Å²) in [5, 5.41) is 14.7. The summed E-state index contributed by atoms with van der Waals surface area (Å²) in [4.78, 5) is 4.39. The Morgan fingerprint density at radius 2 is 1.92 bits per heavy atom. The molecule has 1 saturated heterocycles. The van der Waals surface area contributed by atoms with E-state index in [1.807, 2.05) is 24.4 Å². The van der Waals surface area contributed by atoms with Crippen LogP contribution in [0.5, 0.6) is 0 Å². The second kappa shape index (κ2) is 9.16. The molecule has 1 aromatic heterocycles. The van der Waals surface area contributed by atoms with Gasteiger partial charge >= 0.3 is 0 Å². The Kier molecular flexibility index (Phi) is 7.22. The van der Waals surface area contributed by atoms with Crippen LogP contribution in [-0.2, 0) is 12.8 Å². The first-order chi connectivity index (χ1) is 11.3. The number of aryl methyl sites for hydroxylation is 1. The molecule has 0 spiro atoms. The highest BCUT2D eigenvalue weighted by atomic mass is 35.5. The van der Waals surface area contributed by atoms with Crippen LogP contribution in [0.2, 0.25) is 0 Å². The third-order valence-electron chi connectivity index (χ3n) is 4.95. The Morgan fingerprint density at radius 3 is 2.67 bits per heavy atom. The van der Waals surface area contributed by atoms with Gasteiger partial charge in [0.2, 0.25) is 0 Å². The van der Waals surface area contributed by atoms with Crippen molar-refractivity contribution in [3.8, 4) is 0 Å². The molecule has 4 heteroatoms. The number of halogens is 1. The van der Waals surface area contributed by atoms with Crippen molar-refractivity contribution in [2.24, 2.45) is 5.92 Å². The third kappa shape index (κ3) is 5.04. The minimum absolute atomic E-state index is 0. The van der Waals surface area contributed by atoms with Gasteiger partial charge in [-0.1, -0.05) is 36.4 Å². The predicted molar refractivity (Wildman–Crippen MR) is 100 cm³/mol. The maximum atomic E-state index is 11.2. The van der Waals surface area contributed by atoms with Crippen molar-refractivity contribution < 1.29 is 5.11 Å². The van der Waals surface area contributed by atoms with Gasteiger partial charge in [0.15, 0.2) is 0 Å². The normalized spacial score (nSPS) is 23.5. The van der Waals surface area contributed by atoms with Crippen LogP contribution in [0.1, 0.15) is 30.5 Å². The van der Waals surface area contributed by atoms with E-state index in [1.54, 1.807) is 0 Å². The largest absolute Gasteiger partial charge is 0.389 e. The molecule has 0 radical (unpaired) electrons. The second-order valence-electron chi connectivity index (χ2n) is 6.63. The summed E-state index contributed by atoms with van der Waals surface area (Å²) in [6.45, 7) is 1.81. The highest BCUT2D eigenvalue weighted by molar-refractivity contribution is 5.85. The number of nitrogens with one attached hydrogen (secondary N) is 1. The molecule has 0 saturated carbocycles. The molecule has 2 aromatic rings. The molecular weight excluding hydrogens is 320 g/mol. The van der Waals surface area contributed by atoms with Crippen molar-refractivity contribution in [2.75, 3.05) is 13.1 Å². The molecule has 2 N–H and O–H groups in total. The van der Waals surface area contributed by atoms with Crippen LogP contribution in [-0.4, -0.2) is 28.8 Å². The number of hydrogen-bond donors (Lipinski definition) is 2. The second-order valence-corrected chi connectivity index (χ2v) is 6.63. The van der Waals surface area contributed by atoms with Gasteiger partial charge in [-0.15, -0.1) is 12.4 Å². The van der Waals surface area contributed by atoms with E-state index in [0.29, 0.717) is 5.92 Å². The lowest BCUT2D eigenvalue weighted by atomic mass is 9.75. The van der Waals surface area contributed by atoms with Crippen LogP contribution >= 0.6 is 12.4 Å². The van der Waals surface area contributed by atoms with Crippen molar-refractivity contribution in [3.63, 3.8) is 0 Å². The van der Waals surface area contributed by atoms with Crippen LogP contribution in [0.15, 0.2) is 54.7 Å². The van der Waals surface area contributed by atoms with Gasteiger partial charge in [0.25, 0.3) is 0 Å². The van der Waals surface area contributed by atoms with Gasteiger partial charge < -0.3 is 10.4 Å². The Labute approximate surface area is 150 Å². The number of aliphatic hydroxyl groups is 1. The smallest absolute Gasteiger partial charge is 0.0740 e. The molecule has 0 amide bonds. The Balaban J connectivity index is 0.00000208.